The molecule has 2 aromatic heterocycles. The van der Waals surface area contributed by atoms with Crippen molar-refractivity contribution < 1.29 is 0 Å². The van der Waals surface area contributed by atoms with Crippen LogP contribution in [0.15, 0.2) is 30.5 Å². The van der Waals surface area contributed by atoms with Crippen LogP contribution < -0.4 is 5.32 Å². The molecule has 0 spiro atoms. The van der Waals surface area contributed by atoms with Crippen LogP contribution in [0, 0.1) is 13.8 Å². The molecule has 108 valence electrons. The number of nitrogens with one attached hydrogen (secondary N) is 2. The van der Waals surface area contributed by atoms with Gasteiger partial charge in [-0.25, -0.2) is 4.98 Å². The number of aromatic nitrogens is 5. The summed E-state index contributed by atoms with van der Waals surface area (Å²) < 4.78 is 1.83. The lowest BCUT2D eigenvalue weighted by Gasteiger charge is -2.06. The molecular weight excluding hydrogens is 264 g/mol. The number of aryl methyl sites for hydroxylation is 3. The molecule has 0 radical (unpaired) electrons. The normalized spacial score (nSPS) is 10.8. The average molecular weight is 282 g/mol. The van der Waals surface area contributed by atoms with E-state index in [1.807, 2.05) is 56.0 Å². The average Bonchev–Trinajstić information content (AvgIpc) is 3.03. The second-order valence-electron chi connectivity index (χ2n) is 5.09. The Morgan fingerprint density at radius 3 is 2.81 bits per heavy atom. The highest BCUT2D eigenvalue weighted by atomic mass is 15.3. The van der Waals surface area contributed by atoms with Crippen LogP contribution >= 0.6 is 0 Å². The van der Waals surface area contributed by atoms with Gasteiger partial charge in [-0.15, -0.1) is 0 Å². The summed E-state index contributed by atoms with van der Waals surface area (Å²) in [6.07, 6.45) is 2.03. The number of anilines is 1. The number of rotatable bonds is 4. The highest BCUT2D eigenvalue weighted by Crippen LogP contribution is 2.20. The zero-order valence-corrected chi connectivity index (χ0v) is 12.4. The van der Waals surface area contributed by atoms with Crippen LogP contribution in [0.4, 0.5) is 5.69 Å². The minimum absolute atomic E-state index is 0.716. The molecule has 2 N–H and O–H groups in total. The molecule has 0 aliphatic carbocycles. The number of H-pyrrole nitrogens is 1. The van der Waals surface area contributed by atoms with Gasteiger partial charge in [-0.1, -0.05) is 12.1 Å². The maximum Gasteiger partial charge on any atom is 0.181 e. The van der Waals surface area contributed by atoms with Crippen molar-refractivity contribution in [2.45, 2.75) is 20.4 Å². The van der Waals surface area contributed by atoms with E-state index in [0.717, 1.165) is 29.3 Å². The third-order valence-corrected chi connectivity index (χ3v) is 3.32. The third-order valence-electron chi connectivity index (χ3n) is 3.32. The fourth-order valence-electron chi connectivity index (χ4n) is 2.26. The van der Waals surface area contributed by atoms with E-state index >= 15 is 0 Å². The zero-order valence-electron chi connectivity index (χ0n) is 12.4. The Balaban J connectivity index is 1.76. The minimum Gasteiger partial charge on any atom is -0.381 e. The van der Waals surface area contributed by atoms with E-state index in [4.69, 9.17) is 0 Å². The summed E-state index contributed by atoms with van der Waals surface area (Å²) in [5.74, 6) is 1.53. The lowest BCUT2D eigenvalue weighted by atomic mass is 10.2. The van der Waals surface area contributed by atoms with Gasteiger partial charge in [0.2, 0.25) is 0 Å². The Morgan fingerprint density at radius 1 is 1.29 bits per heavy atom. The summed E-state index contributed by atoms with van der Waals surface area (Å²) in [4.78, 5) is 4.35. The van der Waals surface area contributed by atoms with E-state index in [9.17, 15) is 0 Å². The van der Waals surface area contributed by atoms with Crippen molar-refractivity contribution >= 4 is 5.69 Å². The van der Waals surface area contributed by atoms with Gasteiger partial charge in [0.05, 0.1) is 5.69 Å². The van der Waals surface area contributed by atoms with Crippen LogP contribution in [0.2, 0.25) is 0 Å². The Labute approximate surface area is 123 Å². The number of aromatic amines is 1. The van der Waals surface area contributed by atoms with Crippen LogP contribution in [0.1, 0.15) is 17.1 Å². The summed E-state index contributed by atoms with van der Waals surface area (Å²) in [6, 6.07) is 8.09. The number of nitrogens with zero attached hydrogens (tertiary/aromatic N) is 4. The van der Waals surface area contributed by atoms with Gasteiger partial charge >= 0.3 is 0 Å². The number of hydrogen-bond acceptors (Lipinski definition) is 4. The van der Waals surface area contributed by atoms with Gasteiger partial charge in [0.1, 0.15) is 5.82 Å². The lowest BCUT2D eigenvalue weighted by molar-refractivity contribution is 0.756. The van der Waals surface area contributed by atoms with E-state index < -0.39 is 0 Å². The molecule has 1 aromatic carbocycles. The first kappa shape index (κ1) is 13.4. The molecular formula is C15H18N6. The van der Waals surface area contributed by atoms with Crippen molar-refractivity contribution in [1.82, 2.24) is 25.0 Å². The lowest BCUT2D eigenvalue weighted by Crippen LogP contribution is -2.00. The van der Waals surface area contributed by atoms with Crippen LogP contribution in [0.5, 0.6) is 0 Å². The molecule has 0 aliphatic rings. The first-order valence-corrected chi connectivity index (χ1v) is 6.84. The van der Waals surface area contributed by atoms with Gasteiger partial charge in [0.25, 0.3) is 0 Å². The Bertz CT molecular complexity index is 755. The third kappa shape index (κ3) is 2.94. The Hall–Kier alpha value is -2.63. The first-order valence-electron chi connectivity index (χ1n) is 6.84. The molecule has 21 heavy (non-hydrogen) atoms. The second-order valence-corrected chi connectivity index (χ2v) is 5.09. The largest absolute Gasteiger partial charge is 0.381 e. The van der Waals surface area contributed by atoms with E-state index in [2.05, 4.69) is 25.6 Å². The van der Waals surface area contributed by atoms with E-state index in [1.54, 1.807) is 0 Å². The summed E-state index contributed by atoms with van der Waals surface area (Å²) in [7, 11) is 1.93. The van der Waals surface area contributed by atoms with Crippen LogP contribution in [0.3, 0.4) is 0 Å². The fraction of sp³-hybridized carbons (Fsp3) is 0.267. The van der Waals surface area contributed by atoms with Crippen molar-refractivity contribution in [3.8, 4) is 11.4 Å². The number of benzene rings is 1. The van der Waals surface area contributed by atoms with Crippen molar-refractivity contribution in [2.24, 2.45) is 7.05 Å². The highest BCUT2D eigenvalue weighted by Gasteiger charge is 2.06. The summed E-state index contributed by atoms with van der Waals surface area (Å²) in [5, 5.41) is 14.8. The molecule has 6 nitrogen and oxygen atoms in total. The van der Waals surface area contributed by atoms with E-state index in [-0.39, 0.29) is 0 Å². The SMILES string of the molecule is Cc1nc(-c2cccc(NCc3cn(C)nc3C)c2)n[nH]1. The predicted molar refractivity (Wildman–Crippen MR) is 81.8 cm³/mol. The number of hydrogen-bond donors (Lipinski definition) is 2. The summed E-state index contributed by atoms with van der Waals surface area (Å²) >= 11 is 0. The molecule has 0 bridgehead atoms. The molecule has 3 aromatic rings. The van der Waals surface area contributed by atoms with Crippen LogP contribution in [0.25, 0.3) is 11.4 Å². The topological polar surface area (TPSA) is 71.4 Å². The van der Waals surface area contributed by atoms with Gasteiger partial charge in [-0.05, 0) is 26.0 Å². The summed E-state index contributed by atoms with van der Waals surface area (Å²) in [6.45, 7) is 4.66. The monoisotopic (exact) mass is 282 g/mol. The van der Waals surface area contributed by atoms with Gasteiger partial charge in [-0.2, -0.15) is 10.2 Å². The molecule has 0 saturated carbocycles. The van der Waals surface area contributed by atoms with Crippen molar-refractivity contribution in [2.75, 3.05) is 5.32 Å². The minimum atomic E-state index is 0.716. The van der Waals surface area contributed by atoms with E-state index in [0.29, 0.717) is 5.82 Å². The van der Waals surface area contributed by atoms with Gasteiger partial charge in [0.15, 0.2) is 5.82 Å². The first-order chi connectivity index (χ1) is 10.1. The molecule has 2 heterocycles. The van der Waals surface area contributed by atoms with Crippen molar-refractivity contribution in [3.63, 3.8) is 0 Å². The quantitative estimate of drug-likeness (QED) is 0.771. The van der Waals surface area contributed by atoms with Crippen molar-refractivity contribution in [3.05, 3.63) is 47.5 Å². The maximum absolute atomic E-state index is 4.35. The Kier molecular flexibility index (Phi) is 3.43. The molecule has 3 rings (SSSR count). The highest BCUT2D eigenvalue weighted by molar-refractivity contribution is 5.62. The van der Waals surface area contributed by atoms with Crippen LogP contribution in [-0.4, -0.2) is 25.0 Å². The van der Waals surface area contributed by atoms with Crippen LogP contribution in [-0.2, 0) is 13.6 Å². The van der Waals surface area contributed by atoms with Gasteiger partial charge < -0.3 is 5.32 Å². The Morgan fingerprint density at radius 2 is 2.14 bits per heavy atom. The van der Waals surface area contributed by atoms with Gasteiger partial charge in [-0.3, -0.25) is 9.78 Å². The molecule has 0 unspecified atom stereocenters. The maximum atomic E-state index is 4.35. The second kappa shape index (κ2) is 5.40. The molecule has 0 atom stereocenters. The van der Waals surface area contributed by atoms with Gasteiger partial charge in [0, 0.05) is 36.6 Å². The molecule has 0 saturated heterocycles. The smallest absolute Gasteiger partial charge is 0.181 e. The standard InChI is InChI=1S/C15H18N6/c1-10-13(9-21(3)20-10)8-16-14-6-4-5-12(7-14)15-17-11(2)18-19-15/h4-7,9,16H,8H2,1-3H3,(H,17,18,19). The van der Waals surface area contributed by atoms with Crippen molar-refractivity contribution in [1.29, 1.82) is 0 Å². The molecule has 0 amide bonds. The zero-order chi connectivity index (χ0) is 14.8. The summed E-state index contributed by atoms with van der Waals surface area (Å²) in [5.41, 5.74) is 4.27. The molecule has 6 heteroatoms. The fourth-order valence-corrected chi connectivity index (χ4v) is 2.26. The van der Waals surface area contributed by atoms with E-state index in [1.165, 1.54) is 5.56 Å². The molecule has 0 aliphatic heterocycles. The molecule has 0 fully saturated rings. The predicted octanol–water partition coefficient (Wildman–Crippen LogP) is 2.43.